The Balaban J connectivity index is 1.65. The highest BCUT2D eigenvalue weighted by Crippen LogP contribution is 2.25. The molecule has 1 amide bonds. The summed E-state index contributed by atoms with van der Waals surface area (Å²) in [7, 11) is 0. The van der Waals surface area contributed by atoms with E-state index in [0.717, 1.165) is 17.3 Å². The molecule has 0 saturated carbocycles. The molecule has 0 aliphatic heterocycles. The lowest BCUT2D eigenvalue weighted by molar-refractivity contribution is 0.102. The molecule has 0 spiro atoms. The number of fused-ring (bicyclic) bond motifs is 1. The molecule has 0 aliphatic carbocycles. The lowest BCUT2D eigenvalue weighted by Gasteiger charge is -2.08. The second kappa shape index (κ2) is 7.32. The van der Waals surface area contributed by atoms with Crippen molar-refractivity contribution in [3.8, 4) is 11.3 Å². The second-order valence-corrected chi connectivity index (χ2v) is 6.95. The summed E-state index contributed by atoms with van der Waals surface area (Å²) in [5, 5.41) is 2.96. The highest BCUT2D eigenvalue weighted by molar-refractivity contribution is 6.04. The Morgan fingerprint density at radius 3 is 2.43 bits per heavy atom. The van der Waals surface area contributed by atoms with Crippen LogP contribution in [-0.2, 0) is 0 Å². The van der Waals surface area contributed by atoms with Crippen molar-refractivity contribution in [3.05, 3.63) is 96.4 Å². The Labute approximate surface area is 169 Å². The topological polar surface area (TPSA) is 125 Å². The summed E-state index contributed by atoms with van der Waals surface area (Å²) in [5.74, 6) is -0.131. The fourth-order valence-electron chi connectivity index (χ4n) is 3.23. The van der Waals surface area contributed by atoms with Crippen molar-refractivity contribution >= 4 is 22.6 Å². The predicted molar refractivity (Wildman–Crippen MR) is 113 cm³/mol. The number of amides is 1. The number of carbonyl (C=O) groups excluding carboxylic acids is 1. The summed E-state index contributed by atoms with van der Waals surface area (Å²) in [4.78, 5) is 52.0. The molecule has 3 N–H and O–H groups in total. The standard InChI is InChI=1S/C22H17N3O5/c1-11-7-12(2)19-15(8-11)17(26)9-18(30-19)13-3-5-14(6-4-13)20(27)24-16-10-23-22(29)25-21(16)28/h3-10H,1-2H3,(H,24,27)(H2,23,25,28,29). The molecule has 2 aromatic carbocycles. The molecule has 0 fully saturated rings. The number of anilines is 1. The molecule has 0 bridgehead atoms. The van der Waals surface area contributed by atoms with Gasteiger partial charge >= 0.3 is 5.69 Å². The average Bonchev–Trinajstić information content (AvgIpc) is 2.71. The van der Waals surface area contributed by atoms with Crippen molar-refractivity contribution in [3.63, 3.8) is 0 Å². The lowest BCUT2D eigenvalue weighted by atomic mass is 10.1. The average molecular weight is 403 g/mol. The van der Waals surface area contributed by atoms with Crippen LogP contribution in [-0.4, -0.2) is 15.9 Å². The van der Waals surface area contributed by atoms with Crippen LogP contribution < -0.4 is 22.0 Å². The van der Waals surface area contributed by atoms with E-state index >= 15 is 0 Å². The zero-order chi connectivity index (χ0) is 21.4. The Morgan fingerprint density at radius 1 is 1.00 bits per heavy atom. The molecule has 8 heteroatoms. The summed E-state index contributed by atoms with van der Waals surface area (Å²) in [6.45, 7) is 3.80. The first kappa shape index (κ1) is 19.1. The van der Waals surface area contributed by atoms with E-state index in [2.05, 4.69) is 10.3 Å². The van der Waals surface area contributed by atoms with Gasteiger partial charge in [-0.25, -0.2) is 4.79 Å². The number of aromatic amines is 2. The predicted octanol–water partition coefficient (Wildman–Crippen LogP) is 2.71. The van der Waals surface area contributed by atoms with Gasteiger partial charge in [0.2, 0.25) is 0 Å². The minimum atomic E-state index is -0.702. The van der Waals surface area contributed by atoms with Crippen LogP contribution in [0.1, 0.15) is 21.5 Å². The Hall–Kier alpha value is -4.20. The van der Waals surface area contributed by atoms with Crippen molar-refractivity contribution in [2.45, 2.75) is 13.8 Å². The summed E-state index contributed by atoms with van der Waals surface area (Å²) in [5.41, 5.74) is 1.72. The first-order valence-corrected chi connectivity index (χ1v) is 9.11. The maximum absolute atomic E-state index is 12.5. The largest absolute Gasteiger partial charge is 0.456 e. The van der Waals surface area contributed by atoms with Crippen molar-refractivity contribution in [1.82, 2.24) is 9.97 Å². The SMILES string of the molecule is Cc1cc(C)c2oc(-c3ccc(C(=O)Nc4c[nH]c(=O)[nH]c4=O)cc3)cc(=O)c2c1. The van der Waals surface area contributed by atoms with Crippen molar-refractivity contribution in [2.75, 3.05) is 5.32 Å². The van der Waals surface area contributed by atoms with Gasteiger partial charge in [0.1, 0.15) is 17.0 Å². The van der Waals surface area contributed by atoms with Gasteiger partial charge in [-0.05, 0) is 43.2 Å². The molecular formula is C22H17N3O5. The van der Waals surface area contributed by atoms with Crippen LogP contribution in [0.2, 0.25) is 0 Å². The summed E-state index contributed by atoms with van der Waals surface area (Å²) in [6.07, 6.45) is 1.13. The van der Waals surface area contributed by atoms with Gasteiger partial charge in [0.15, 0.2) is 5.43 Å². The Bertz CT molecular complexity index is 1460. The van der Waals surface area contributed by atoms with Crippen molar-refractivity contribution in [2.24, 2.45) is 0 Å². The summed E-state index contributed by atoms with van der Waals surface area (Å²) >= 11 is 0. The third kappa shape index (κ3) is 3.58. The van der Waals surface area contributed by atoms with Gasteiger partial charge in [0, 0.05) is 23.4 Å². The van der Waals surface area contributed by atoms with Gasteiger partial charge in [-0.2, -0.15) is 0 Å². The van der Waals surface area contributed by atoms with Gasteiger partial charge in [-0.1, -0.05) is 18.2 Å². The van der Waals surface area contributed by atoms with Gasteiger partial charge in [0.25, 0.3) is 11.5 Å². The number of rotatable bonds is 3. The van der Waals surface area contributed by atoms with E-state index in [-0.39, 0.29) is 11.1 Å². The molecule has 0 saturated heterocycles. The van der Waals surface area contributed by atoms with Crippen molar-refractivity contribution < 1.29 is 9.21 Å². The molecule has 0 aliphatic rings. The first-order chi connectivity index (χ1) is 14.3. The molecule has 8 nitrogen and oxygen atoms in total. The molecule has 30 heavy (non-hydrogen) atoms. The lowest BCUT2D eigenvalue weighted by Crippen LogP contribution is -2.26. The Kier molecular flexibility index (Phi) is 4.67. The normalized spacial score (nSPS) is 10.9. The third-order valence-corrected chi connectivity index (χ3v) is 4.66. The first-order valence-electron chi connectivity index (χ1n) is 9.11. The second-order valence-electron chi connectivity index (χ2n) is 6.95. The zero-order valence-electron chi connectivity index (χ0n) is 16.2. The number of carbonyl (C=O) groups is 1. The van der Waals surface area contributed by atoms with Crippen LogP contribution in [0.3, 0.4) is 0 Å². The number of benzene rings is 2. The molecule has 0 atom stereocenters. The quantitative estimate of drug-likeness (QED) is 0.485. The van der Waals surface area contributed by atoms with E-state index < -0.39 is 17.2 Å². The molecule has 4 aromatic rings. The fourth-order valence-corrected chi connectivity index (χ4v) is 3.23. The number of aryl methyl sites for hydroxylation is 2. The minimum absolute atomic E-state index is 0.0741. The van der Waals surface area contributed by atoms with Crippen LogP contribution in [0.4, 0.5) is 5.69 Å². The van der Waals surface area contributed by atoms with Gasteiger partial charge in [-0.3, -0.25) is 19.4 Å². The highest BCUT2D eigenvalue weighted by Gasteiger charge is 2.12. The summed E-state index contributed by atoms with van der Waals surface area (Å²) in [6, 6.07) is 11.6. The van der Waals surface area contributed by atoms with E-state index in [1.165, 1.54) is 6.07 Å². The number of hydrogen-bond donors (Lipinski definition) is 3. The van der Waals surface area contributed by atoms with E-state index in [4.69, 9.17) is 4.42 Å². The molecule has 2 heterocycles. The monoisotopic (exact) mass is 403 g/mol. The fraction of sp³-hybridized carbons (Fsp3) is 0.0909. The van der Waals surface area contributed by atoms with Crippen LogP contribution >= 0.6 is 0 Å². The van der Waals surface area contributed by atoms with Gasteiger partial charge in [0.05, 0.1) is 5.39 Å². The van der Waals surface area contributed by atoms with E-state index in [0.29, 0.717) is 27.9 Å². The maximum atomic E-state index is 12.5. The summed E-state index contributed by atoms with van der Waals surface area (Å²) < 4.78 is 5.96. The molecule has 4 rings (SSSR count). The molecule has 0 radical (unpaired) electrons. The van der Waals surface area contributed by atoms with E-state index in [1.807, 2.05) is 24.9 Å². The molecule has 150 valence electrons. The van der Waals surface area contributed by atoms with Crippen LogP contribution in [0.15, 0.2) is 67.5 Å². The third-order valence-electron chi connectivity index (χ3n) is 4.66. The van der Waals surface area contributed by atoms with Gasteiger partial charge < -0.3 is 14.7 Å². The van der Waals surface area contributed by atoms with Crippen LogP contribution in [0.25, 0.3) is 22.3 Å². The number of hydrogen-bond acceptors (Lipinski definition) is 5. The smallest absolute Gasteiger partial charge is 0.325 e. The molecular weight excluding hydrogens is 386 g/mol. The number of H-pyrrole nitrogens is 2. The number of nitrogens with one attached hydrogen (secondary N) is 3. The number of aromatic nitrogens is 2. The van der Waals surface area contributed by atoms with Crippen molar-refractivity contribution in [1.29, 1.82) is 0 Å². The molecule has 0 unspecified atom stereocenters. The van der Waals surface area contributed by atoms with E-state index in [1.54, 1.807) is 30.3 Å². The Morgan fingerprint density at radius 2 is 1.73 bits per heavy atom. The van der Waals surface area contributed by atoms with Gasteiger partial charge in [-0.15, -0.1) is 0 Å². The molecule has 2 aromatic heterocycles. The zero-order valence-corrected chi connectivity index (χ0v) is 16.2. The maximum Gasteiger partial charge on any atom is 0.325 e. The van der Waals surface area contributed by atoms with E-state index in [9.17, 15) is 19.2 Å². The van der Waals surface area contributed by atoms with Crippen LogP contribution in [0, 0.1) is 13.8 Å². The highest BCUT2D eigenvalue weighted by atomic mass is 16.3. The minimum Gasteiger partial charge on any atom is -0.456 e. The van der Waals surface area contributed by atoms with Crippen LogP contribution in [0.5, 0.6) is 0 Å².